The molecule has 5 heteroatoms. The maximum absolute atomic E-state index is 12.7. The van der Waals surface area contributed by atoms with Crippen molar-refractivity contribution in [2.24, 2.45) is 0 Å². The lowest BCUT2D eigenvalue weighted by atomic mass is 10.1. The van der Waals surface area contributed by atoms with E-state index in [2.05, 4.69) is 4.98 Å². The van der Waals surface area contributed by atoms with Crippen LogP contribution in [0.3, 0.4) is 0 Å². The van der Waals surface area contributed by atoms with E-state index in [-0.39, 0.29) is 18.8 Å². The quantitative estimate of drug-likeness (QED) is 0.784. The number of amides is 1. The predicted molar refractivity (Wildman–Crippen MR) is 90.6 cm³/mol. The van der Waals surface area contributed by atoms with Gasteiger partial charge >= 0.3 is 5.97 Å². The lowest BCUT2D eigenvalue weighted by Crippen LogP contribution is -2.35. The van der Waals surface area contributed by atoms with Crippen LogP contribution in [-0.4, -0.2) is 33.4 Å². The Kier molecular flexibility index (Phi) is 4.52. The predicted octanol–water partition coefficient (Wildman–Crippen LogP) is 2.96. The minimum atomic E-state index is -1.06. The van der Waals surface area contributed by atoms with E-state index < -0.39 is 11.9 Å². The van der Waals surface area contributed by atoms with E-state index >= 15 is 0 Å². The molecule has 1 heterocycles. The number of hydrogen-bond donors (Lipinski definition) is 1. The number of nitrogens with zero attached hydrogens (tertiary/aromatic N) is 2. The Morgan fingerprint density at radius 2 is 1.62 bits per heavy atom. The minimum absolute atomic E-state index is 0.223. The molecule has 0 aliphatic heterocycles. The van der Waals surface area contributed by atoms with E-state index in [1.54, 1.807) is 6.07 Å². The van der Waals surface area contributed by atoms with Gasteiger partial charge in [0, 0.05) is 11.9 Å². The van der Waals surface area contributed by atoms with Gasteiger partial charge in [0.25, 0.3) is 5.91 Å². The molecule has 0 spiro atoms. The molecule has 0 aliphatic rings. The molecule has 1 N–H and O–H groups in total. The van der Waals surface area contributed by atoms with Crippen molar-refractivity contribution < 1.29 is 14.7 Å². The average Bonchev–Trinajstić information content (AvgIpc) is 2.60. The number of aliphatic carboxylic acids is 1. The van der Waals surface area contributed by atoms with Crippen LogP contribution in [0.1, 0.15) is 16.1 Å². The van der Waals surface area contributed by atoms with Crippen molar-refractivity contribution >= 4 is 22.8 Å². The molecule has 2 aromatic carbocycles. The van der Waals surface area contributed by atoms with Gasteiger partial charge in [-0.15, -0.1) is 0 Å². The Labute approximate surface area is 139 Å². The van der Waals surface area contributed by atoms with Gasteiger partial charge in [-0.3, -0.25) is 9.59 Å². The Morgan fingerprint density at radius 1 is 0.917 bits per heavy atom. The van der Waals surface area contributed by atoms with E-state index in [1.165, 1.54) is 4.90 Å². The van der Waals surface area contributed by atoms with Crippen molar-refractivity contribution in [3.05, 3.63) is 78.0 Å². The molecule has 0 aliphatic carbocycles. The largest absolute Gasteiger partial charge is 0.480 e. The van der Waals surface area contributed by atoms with Gasteiger partial charge in [-0.1, -0.05) is 54.6 Å². The molecule has 1 aromatic heterocycles. The smallest absolute Gasteiger partial charge is 0.323 e. The molecule has 3 rings (SSSR count). The van der Waals surface area contributed by atoms with Crippen LogP contribution in [0, 0.1) is 0 Å². The third-order valence-corrected chi connectivity index (χ3v) is 3.65. The normalized spacial score (nSPS) is 10.5. The summed E-state index contributed by atoms with van der Waals surface area (Å²) in [5.74, 6) is -1.45. The molecule has 0 saturated carbocycles. The van der Waals surface area contributed by atoms with E-state index in [0.717, 1.165) is 10.9 Å². The number of aromatic nitrogens is 1. The Hall–Kier alpha value is -3.21. The fraction of sp³-hybridized carbons (Fsp3) is 0.105. The summed E-state index contributed by atoms with van der Waals surface area (Å²) >= 11 is 0. The van der Waals surface area contributed by atoms with Gasteiger partial charge in [-0.05, 0) is 17.7 Å². The van der Waals surface area contributed by atoms with Crippen LogP contribution in [0.2, 0.25) is 0 Å². The third kappa shape index (κ3) is 3.57. The molecule has 0 radical (unpaired) electrons. The zero-order valence-electron chi connectivity index (χ0n) is 12.9. The first-order valence-electron chi connectivity index (χ1n) is 7.54. The van der Waals surface area contributed by atoms with Crippen LogP contribution in [0.4, 0.5) is 0 Å². The highest BCUT2D eigenvalue weighted by atomic mass is 16.4. The molecule has 0 unspecified atom stereocenters. The standard InChI is InChI=1S/C19H16N2O3/c22-18(23)13-21(12-14-6-2-1-3-7-14)19(24)17-11-10-15-8-4-5-9-16(15)20-17/h1-11H,12-13H2,(H,22,23). The molecular formula is C19H16N2O3. The zero-order chi connectivity index (χ0) is 16.9. The minimum Gasteiger partial charge on any atom is -0.480 e. The molecule has 120 valence electrons. The molecule has 0 atom stereocenters. The van der Waals surface area contributed by atoms with Gasteiger partial charge in [0.05, 0.1) is 5.52 Å². The Bertz CT molecular complexity index is 878. The first-order chi connectivity index (χ1) is 11.6. The highest BCUT2D eigenvalue weighted by Gasteiger charge is 2.20. The second-order valence-corrected chi connectivity index (χ2v) is 5.43. The summed E-state index contributed by atoms with van der Waals surface area (Å²) in [4.78, 5) is 29.5. The maximum Gasteiger partial charge on any atom is 0.323 e. The van der Waals surface area contributed by atoms with Crippen molar-refractivity contribution in [2.75, 3.05) is 6.54 Å². The summed E-state index contributed by atoms with van der Waals surface area (Å²) in [6, 6.07) is 20.2. The summed E-state index contributed by atoms with van der Waals surface area (Å²) in [6.07, 6.45) is 0. The summed E-state index contributed by atoms with van der Waals surface area (Å²) in [6.45, 7) is -0.150. The first-order valence-corrected chi connectivity index (χ1v) is 7.54. The topological polar surface area (TPSA) is 70.5 Å². The third-order valence-electron chi connectivity index (χ3n) is 3.65. The second-order valence-electron chi connectivity index (χ2n) is 5.43. The fourth-order valence-corrected chi connectivity index (χ4v) is 2.51. The van der Waals surface area contributed by atoms with Crippen LogP contribution in [-0.2, 0) is 11.3 Å². The van der Waals surface area contributed by atoms with E-state index in [1.807, 2.05) is 60.7 Å². The number of benzene rings is 2. The average molecular weight is 320 g/mol. The summed E-state index contributed by atoms with van der Waals surface area (Å²) in [5.41, 5.74) is 1.82. The molecule has 1 amide bonds. The molecule has 5 nitrogen and oxygen atoms in total. The number of carbonyl (C=O) groups excluding carboxylic acids is 1. The molecule has 0 saturated heterocycles. The number of carbonyl (C=O) groups is 2. The zero-order valence-corrected chi connectivity index (χ0v) is 12.9. The number of carboxylic acid groups (broad SMARTS) is 1. The number of pyridine rings is 1. The highest BCUT2D eigenvalue weighted by molar-refractivity contribution is 5.96. The summed E-state index contributed by atoms with van der Waals surface area (Å²) < 4.78 is 0. The molecular weight excluding hydrogens is 304 g/mol. The molecule has 24 heavy (non-hydrogen) atoms. The molecule has 3 aromatic rings. The molecule has 0 bridgehead atoms. The molecule has 0 fully saturated rings. The van der Waals surface area contributed by atoms with Crippen molar-refractivity contribution in [2.45, 2.75) is 6.54 Å². The van der Waals surface area contributed by atoms with Crippen molar-refractivity contribution in [3.63, 3.8) is 0 Å². The SMILES string of the molecule is O=C(O)CN(Cc1ccccc1)C(=O)c1ccc2ccccc2n1. The lowest BCUT2D eigenvalue weighted by Gasteiger charge is -2.20. The van der Waals surface area contributed by atoms with Crippen LogP contribution >= 0.6 is 0 Å². The maximum atomic E-state index is 12.7. The lowest BCUT2D eigenvalue weighted by molar-refractivity contribution is -0.137. The fourth-order valence-electron chi connectivity index (χ4n) is 2.51. The number of carboxylic acids is 1. The van der Waals surface area contributed by atoms with E-state index in [9.17, 15) is 9.59 Å². The highest BCUT2D eigenvalue weighted by Crippen LogP contribution is 2.14. The number of rotatable bonds is 5. The first kappa shape index (κ1) is 15.7. The van der Waals surface area contributed by atoms with Crippen molar-refractivity contribution in [1.82, 2.24) is 9.88 Å². The summed E-state index contributed by atoms with van der Waals surface area (Å²) in [5, 5.41) is 10.0. The van der Waals surface area contributed by atoms with Gasteiger partial charge in [0.1, 0.15) is 12.2 Å². The van der Waals surface area contributed by atoms with Gasteiger partial charge in [-0.2, -0.15) is 0 Å². The number of hydrogen-bond acceptors (Lipinski definition) is 3. The second kappa shape index (κ2) is 6.91. The van der Waals surface area contributed by atoms with Gasteiger partial charge in [-0.25, -0.2) is 4.98 Å². The Balaban J connectivity index is 1.90. The monoisotopic (exact) mass is 320 g/mol. The van der Waals surface area contributed by atoms with E-state index in [0.29, 0.717) is 5.52 Å². The van der Waals surface area contributed by atoms with Crippen molar-refractivity contribution in [3.8, 4) is 0 Å². The Morgan fingerprint density at radius 3 is 2.38 bits per heavy atom. The van der Waals surface area contributed by atoms with Crippen LogP contribution in [0.5, 0.6) is 0 Å². The van der Waals surface area contributed by atoms with Crippen LogP contribution in [0.25, 0.3) is 10.9 Å². The van der Waals surface area contributed by atoms with Gasteiger partial charge in [0.15, 0.2) is 0 Å². The van der Waals surface area contributed by atoms with Crippen LogP contribution < -0.4 is 0 Å². The number of fused-ring (bicyclic) bond motifs is 1. The van der Waals surface area contributed by atoms with Crippen LogP contribution in [0.15, 0.2) is 66.7 Å². The van der Waals surface area contributed by atoms with Crippen molar-refractivity contribution in [1.29, 1.82) is 0 Å². The van der Waals surface area contributed by atoms with E-state index in [4.69, 9.17) is 5.11 Å². The van der Waals surface area contributed by atoms with Gasteiger partial charge in [0.2, 0.25) is 0 Å². The number of para-hydroxylation sites is 1. The summed E-state index contributed by atoms with van der Waals surface area (Å²) in [7, 11) is 0. The van der Waals surface area contributed by atoms with Gasteiger partial charge < -0.3 is 10.0 Å².